The highest BCUT2D eigenvalue weighted by Crippen LogP contribution is 2.39. The van der Waals surface area contributed by atoms with E-state index >= 15 is 0 Å². The van der Waals surface area contributed by atoms with Gasteiger partial charge >= 0.3 is 6.03 Å². The number of urea groups is 1. The number of anilines is 1. The van der Waals surface area contributed by atoms with Crippen molar-refractivity contribution in [3.05, 3.63) is 45.7 Å². The molecule has 0 fully saturated rings. The summed E-state index contributed by atoms with van der Waals surface area (Å²) in [4.78, 5) is 12.7. The molecule has 1 aromatic heterocycles. The summed E-state index contributed by atoms with van der Waals surface area (Å²) in [6.45, 7) is 1.85. The second-order valence-corrected chi connectivity index (χ2v) is 9.59. The normalized spacial score (nSPS) is 22.6. The van der Waals surface area contributed by atoms with E-state index in [-0.39, 0.29) is 6.03 Å². The Morgan fingerprint density at radius 2 is 1.76 bits per heavy atom. The van der Waals surface area contributed by atoms with E-state index in [1.54, 1.807) is 0 Å². The number of furan rings is 1. The fourth-order valence-corrected chi connectivity index (χ4v) is 5.75. The molecular formula is C23H28N2O3S. The third-order valence-corrected chi connectivity index (χ3v) is 7.33. The van der Waals surface area contributed by atoms with Crippen molar-refractivity contribution in [1.82, 2.24) is 4.72 Å². The Morgan fingerprint density at radius 3 is 2.48 bits per heavy atom. The van der Waals surface area contributed by atoms with Crippen LogP contribution in [0.15, 0.2) is 21.6 Å². The van der Waals surface area contributed by atoms with Crippen LogP contribution in [0.25, 0.3) is 0 Å². The van der Waals surface area contributed by atoms with E-state index in [4.69, 9.17) is 4.42 Å². The fourth-order valence-electron chi connectivity index (χ4n) is 5.19. The van der Waals surface area contributed by atoms with Crippen molar-refractivity contribution in [2.45, 2.75) is 81.8 Å². The van der Waals surface area contributed by atoms with Gasteiger partial charge in [0.25, 0.3) is 0 Å². The van der Waals surface area contributed by atoms with Crippen LogP contribution in [-0.4, -0.2) is 11.1 Å². The molecule has 1 aromatic carbocycles. The molecule has 0 spiro atoms. The molecule has 0 aliphatic heterocycles. The van der Waals surface area contributed by atoms with Crippen molar-refractivity contribution in [3.8, 4) is 0 Å². The lowest BCUT2D eigenvalue weighted by atomic mass is 9.94. The SMILES string of the molecule is CC1(O)CCCCc2oc(SNC(=O)Nc3c4c(cc5c3CCC5)CCC4)cc21. The van der Waals surface area contributed by atoms with Gasteiger partial charge in [-0.3, -0.25) is 4.72 Å². The topological polar surface area (TPSA) is 74.5 Å². The third-order valence-electron chi connectivity index (χ3n) is 6.64. The number of aryl methyl sites for hydroxylation is 3. The van der Waals surface area contributed by atoms with Gasteiger partial charge in [0, 0.05) is 29.6 Å². The molecule has 154 valence electrons. The number of carbonyl (C=O) groups excluding carboxylic acids is 1. The van der Waals surface area contributed by atoms with Gasteiger partial charge in [-0.1, -0.05) is 6.07 Å². The number of benzene rings is 1. The molecule has 0 saturated heterocycles. The molecule has 3 aliphatic rings. The van der Waals surface area contributed by atoms with Gasteiger partial charge in [0.05, 0.1) is 5.60 Å². The summed E-state index contributed by atoms with van der Waals surface area (Å²) in [5.41, 5.74) is 6.51. The van der Waals surface area contributed by atoms with Crippen LogP contribution < -0.4 is 10.0 Å². The maximum absolute atomic E-state index is 12.7. The highest BCUT2D eigenvalue weighted by atomic mass is 32.2. The minimum atomic E-state index is -0.860. The zero-order chi connectivity index (χ0) is 20.0. The maximum Gasteiger partial charge on any atom is 0.329 e. The zero-order valence-corrected chi connectivity index (χ0v) is 17.7. The maximum atomic E-state index is 12.7. The summed E-state index contributed by atoms with van der Waals surface area (Å²) >= 11 is 1.18. The Morgan fingerprint density at radius 1 is 1.03 bits per heavy atom. The van der Waals surface area contributed by atoms with E-state index in [9.17, 15) is 9.90 Å². The van der Waals surface area contributed by atoms with Crippen LogP contribution in [0.2, 0.25) is 0 Å². The number of hydrogen-bond acceptors (Lipinski definition) is 4. The van der Waals surface area contributed by atoms with Gasteiger partial charge in [-0.25, -0.2) is 4.79 Å². The van der Waals surface area contributed by atoms with Crippen LogP contribution in [0.1, 0.15) is 72.6 Å². The van der Waals surface area contributed by atoms with E-state index < -0.39 is 5.60 Å². The van der Waals surface area contributed by atoms with Crippen molar-refractivity contribution in [2.75, 3.05) is 5.32 Å². The molecule has 2 amide bonds. The second-order valence-electron chi connectivity index (χ2n) is 8.78. The summed E-state index contributed by atoms with van der Waals surface area (Å²) in [5.74, 6) is 0.843. The van der Waals surface area contributed by atoms with Crippen molar-refractivity contribution in [3.63, 3.8) is 0 Å². The number of carbonyl (C=O) groups is 1. The van der Waals surface area contributed by atoms with Gasteiger partial charge in [0.2, 0.25) is 0 Å². The smallest absolute Gasteiger partial charge is 0.329 e. The summed E-state index contributed by atoms with van der Waals surface area (Å²) in [5, 5.41) is 14.5. The van der Waals surface area contributed by atoms with Crippen LogP contribution in [0.4, 0.5) is 10.5 Å². The van der Waals surface area contributed by atoms with Gasteiger partial charge in [0.1, 0.15) is 5.76 Å². The number of amides is 2. The Kier molecular flexibility index (Phi) is 4.87. The minimum Gasteiger partial charge on any atom is -0.453 e. The Hall–Kier alpha value is -1.92. The largest absolute Gasteiger partial charge is 0.453 e. The van der Waals surface area contributed by atoms with Crippen LogP contribution >= 0.6 is 11.9 Å². The Balaban J connectivity index is 1.30. The van der Waals surface area contributed by atoms with Crippen molar-refractivity contribution >= 4 is 23.7 Å². The number of fused-ring (bicyclic) bond motifs is 3. The summed E-state index contributed by atoms with van der Waals surface area (Å²) in [6.07, 6.45) is 10.2. The number of hydrogen-bond donors (Lipinski definition) is 3. The quantitative estimate of drug-likeness (QED) is 0.489. The minimum absolute atomic E-state index is 0.220. The third kappa shape index (κ3) is 3.57. The van der Waals surface area contributed by atoms with Gasteiger partial charge in [-0.15, -0.1) is 0 Å². The van der Waals surface area contributed by atoms with E-state index in [0.717, 1.165) is 68.4 Å². The van der Waals surface area contributed by atoms with Crippen molar-refractivity contribution in [1.29, 1.82) is 0 Å². The molecule has 6 heteroatoms. The number of rotatable bonds is 3. The average Bonchev–Trinajstić information content (AvgIpc) is 3.41. The molecule has 5 nitrogen and oxygen atoms in total. The lowest BCUT2D eigenvalue weighted by molar-refractivity contribution is 0.0468. The Bertz CT molecular complexity index is 931. The van der Waals surface area contributed by atoms with Crippen LogP contribution in [0.5, 0.6) is 0 Å². The van der Waals surface area contributed by atoms with E-state index in [0.29, 0.717) is 5.09 Å². The van der Waals surface area contributed by atoms with Crippen LogP contribution in [-0.2, 0) is 37.7 Å². The highest BCUT2D eigenvalue weighted by molar-refractivity contribution is 7.97. The first-order valence-corrected chi connectivity index (χ1v) is 11.6. The molecule has 3 aliphatic carbocycles. The first-order chi connectivity index (χ1) is 14.0. The summed E-state index contributed by atoms with van der Waals surface area (Å²) < 4.78 is 8.80. The van der Waals surface area contributed by atoms with Gasteiger partial charge in [-0.05, 0) is 93.0 Å². The fraction of sp³-hybridized carbons (Fsp3) is 0.522. The zero-order valence-electron chi connectivity index (χ0n) is 16.9. The van der Waals surface area contributed by atoms with Gasteiger partial charge in [-0.2, -0.15) is 0 Å². The monoisotopic (exact) mass is 412 g/mol. The van der Waals surface area contributed by atoms with Gasteiger partial charge < -0.3 is 14.8 Å². The molecule has 0 saturated carbocycles. The molecule has 29 heavy (non-hydrogen) atoms. The second kappa shape index (κ2) is 7.40. The summed E-state index contributed by atoms with van der Waals surface area (Å²) in [7, 11) is 0. The van der Waals surface area contributed by atoms with Crippen LogP contribution in [0, 0.1) is 0 Å². The average molecular weight is 413 g/mol. The lowest BCUT2D eigenvalue weighted by Crippen LogP contribution is -2.24. The molecule has 1 unspecified atom stereocenters. The molecule has 1 atom stereocenters. The van der Waals surface area contributed by atoms with Crippen molar-refractivity contribution in [2.24, 2.45) is 0 Å². The molecule has 1 heterocycles. The summed E-state index contributed by atoms with van der Waals surface area (Å²) in [6, 6.07) is 4.02. The predicted molar refractivity (Wildman–Crippen MR) is 114 cm³/mol. The van der Waals surface area contributed by atoms with Gasteiger partial charge in [0.15, 0.2) is 5.09 Å². The standard InChI is InChI=1S/C23H28N2O3S/c1-23(27)11-3-2-10-19-18(23)13-20(28-19)29-25-22(26)24-21-16-8-4-6-14(16)12-15-7-5-9-17(15)21/h12-13,27H,2-11H2,1H3,(H2,24,25,26). The Labute approximate surface area is 175 Å². The van der Waals surface area contributed by atoms with Crippen molar-refractivity contribution < 1.29 is 14.3 Å². The molecule has 2 aromatic rings. The van der Waals surface area contributed by atoms with E-state index in [1.807, 2.05) is 13.0 Å². The highest BCUT2D eigenvalue weighted by Gasteiger charge is 2.31. The molecule has 0 radical (unpaired) electrons. The molecule has 0 bridgehead atoms. The number of aliphatic hydroxyl groups is 1. The molecule has 3 N–H and O–H groups in total. The first kappa shape index (κ1) is 19.1. The number of nitrogens with one attached hydrogen (secondary N) is 2. The molecular weight excluding hydrogens is 384 g/mol. The first-order valence-electron chi connectivity index (χ1n) is 10.8. The van der Waals surface area contributed by atoms with E-state index in [1.165, 1.54) is 47.0 Å². The van der Waals surface area contributed by atoms with E-state index in [2.05, 4.69) is 16.1 Å². The van der Waals surface area contributed by atoms with Crippen LogP contribution in [0.3, 0.4) is 0 Å². The molecule has 5 rings (SSSR count). The lowest BCUT2D eigenvalue weighted by Gasteiger charge is -2.20. The predicted octanol–water partition coefficient (Wildman–Crippen LogP) is 5.02.